The van der Waals surface area contributed by atoms with Crippen molar-refractivity contribution in [3.8, 4) is 0 Å². The highest BCUT2D eigenvalue weighted by Gasteiger charge is 2.56. The van der Waals surface area contributed by atoms with Crippen molar-refractivity contribution < 1.29 is 18.4 Å². The largest absolute Gasteiger partial charge is 0.342 e. The number of hydrogen-bond donors (Lipinski definition) is 0. The van der Waals surface area contributed by atoms with Crippen LogP contribution in [0.25, 0.3) is 0 Å². The maximum atomic E-state index is 12.9. The first-order valence-corrected chi connectivity index (χ1v) is 9.11. The van der Waals surface area contributed by atoms with Crippen molar-refractivity contribution in [2.24, 2.45) is 5.92 Å². The Hall–Kier alpha value is -1.24. The molecule has 24 heavy (non-hydrogen) atoms. The molecule has 0 radical (unpaired) electrons. The average Bonchev–Trinajstić information content (AvgIpc) is 3.07. The molecule has 5 nitrogen and oxygen atoms in total. The summed E-state index contributed by atoms with van der Waals surface area (Å²) in [6, 6.07) is 0. The summed E-state index contributed by atoms with van der Waals surface area (Å²) in [6.07, 6.45) is 3.37. The molecule has 2 heterocycles. The summed E-state index contributed by atoms with van der Waals surface area (Å²) in [6.45, 7) is 5.00. The fourth-order valence-electron chi connectivity index (χ4n) is 3.69. The maximum absolute atomic E-state index is 12.9. The number of nitrogens with zero attached hydrogens (tertiary/aromatic N) is 3. The van der Waals surface area contributed by atoms with Crippen molar-refractivity contribution in [2.45, 2.75) is 44.4 Å². The third-order valence-corrected chi connectivity index (χ3v) is 5.46. The normalized spacial score (nSPS) is 27.4. The Kier molecular flexibility index (Phi) is 5.37. The van der Waals surface area contributed by atoms with E-state index in [9.17, 15) is 18.4 Å². The van der Waals surface area contributed by atoms with E-state index in [4.69, 9.17) is 0 Å². The van der Waals surface area contributed by atoms with E-state index in [1.807, 2.05) is 4.90 Å². The Morgan fingerprint density at radius 3 is 2.54 bits per heavy atom. The molecule has 0 spiro atoms. The van der Waals surface area contributed by atoms with Gasteiger partial charge in [-0.05, 0) is 32.4 Å². The summed E-state index contributed by atoms with van der Waals surface area (Å²) in [5.74, 6) is -2.61. The maximum Gasteiger partial charge on any atom is 0.251 e. The predicted octanol–water partition coefficient (Wildman–Crippen LogP) is 1.58. The zero-order valence-electron chi connectivity index (χ0n) is 14.2. The van der Waals surface area contributed by atoms with Gasteiger partial charge in [0, 0.05) is 57.9 Å². The van der Waals surface area contributed by atoms with Crippen LogP contribution in [-0.4, -0.2) is 78.2 Å². The third kappa shape index (κ3) is 4.43. The zero-order chi connectivity index (χ0) is 17.2. The molecule has 2 amide bonds. The smallest absolute Gasteiger partial charge is 0.251 e. The van der Waals surface area contributed by atoms with Gasteiger partial charge in [0.25, 0.3) is 5.92 Å². The van der Waals surface area contributed by atoms with Crippen LogP contribution in [0.15, 0.2) is 0 Å². The molecular weight excluding hydrogens is 316 g/mol. The molecule has 0 aromatic rings. The Morgan fingerprint density at radius 1 is 1.08 bits per heavy atom. The van der Waals surface area contributed by atoms with Crippen molar-refractivity contribution >= 4 is 11.8 Å². The Labute approximate surface area is 141 Å². The number of rotatable bonds is 6. The van der Waals surface area contributed by atoms with E-state index in [0.29, 0.717) is 38.9 Å². The van der Waals surface area contributed by atoms with Gasteiger partial charge >= 0.3 is 0 Å². The molecule has 2 aliphatic heterocycles. The average molecular weight is 343 g/mol. The van der Waals surface area contributed by atoms with Crippen molar-refractivity contribution in [1.29, 1.82) is 0 Å². The van der Waals surface area contributed by atoms with Crippen molar-refractivity contribution in [2.75, 3.05) is 45.8 Å². The van der Waals surface area contributed by atoms with E-state index < -0.39 is 11.8 Å². The van der Waals surface area contributed by atoms with Crippen LogP contribution in [0.1, 0.15) is 38.5 Å². The van der Waals surface area contributed by atoms with Gasteiger partial charge in [0.2, 0.25) is 11.8 Å². The minimum absolute atomic E-state index is 0.0423. The van der Waals surface area contributed by atoms with Gasteiger partial charge in [-0.15, -0.1) is 0 Å². The second-order valence-corrected chi connectivity index (χ2v) is 7.26. The van der Waals surface area contributed by atoms with Crippen LogP contribution in [-0.2, 0) is 9.59 Å². The summed E-state index contributed by atoms with van der Waals surface area (Å²) < 4.78 is 25.9. The van der Waals surface area contributed by atoms with Crippen LogP contribution in [0.5, 0.6) is 0 Å². The monoisotopic (exact) mass is 343 g/mol. The van der Waals surface area contributed by atoms with E-state index in [2.05, 4.69) is 4.90 Å². The van der Waals surface area contributed by atoms with Crippen molar-refractivity contribution in [3.63, 3.8) is 0 Å². The number of amides is 2. The van der Waals surface area contributed by atoms with Gasteiger partial charge in [0.05, 0.1) is 0 Å². The molecule has 0 N–H and O–H groups in total. The molecule has 1 atom stereocenters. The Morgan fingerprint density at radius 2 is 1.88 bits per heavy atom. The summed E-state index contributed by atoms with van der Waals surface area (Å²) in [7, 11) is 0. The van der Waals surface area contributed by atoms with E-state index in [-0.39, 0.29) is 18.2 Å². The highest BCUT2D eigenvalue weighted by molar-refractivity contribution is 5.80. The second kappa shape index (κ2) is 7.33. The molecule has 0 aromatic carbocycles. The van der Waals surface area contributed by atoms with E-state index in [1.165, 1.54) is 0 Å². The fourth-order valence-corrected chi connectivity index (χ4v) is 3.69. The van der Waals surface area contributed by atoms with Crippen LogP contribution in [0, 0.1) is 5.92 Å². The molecule has 136 valence electrons. The quantitative estimate of drug-likeness (QED) is 0.735. The summed E-state index contributed by atoms with van der Waals surface area (Å²) in [5, 5.41) is 0. The molecule has 1 unspecified atom stereocenters. The van der Waals surface area contributed by atoms with Crippen LogP contribution in [0.3, 0.4) is 0 Å². The van der Waals surface area contributed by atoms with Gasteiger partial charge in [0.1, 0.15) is 0 Å². The van der Waals surface area contributed by atoms with Gasteiger partial charge < -0.3 is 14.7 Å². The summed E-state index contributed by atoms with van der Waals surface area (Å²) in [5.41, 5.74) is 0. The van der Waals surface area contributed by atoms with E-state index in [1.54, 1.807) is 4.90 Å². The molecule has 0 aromatic heterocycles. The Balaban J connectivity index is 1.36. The highest BCUT2D eigenvalue weighted by atomic mass is 19.3. The van der Waals surface area contributed by atoms with E-state index >= 15 is 0 Å². The number of alkyl halides is 2. The van der Waals surface area contributed by atoms with Gasteiger partial charge in [-0.2, -0.15) is 0 Å². The standard InChI is InChI=1S/C17H27F2N3O2/c18-17(19)13-14(17)4-9-20-6-2-8-22(12-11-20)16(24)5-10-21-7-1-3-15(21)23/h14H,1-13H2. The predicted molar refractivity (Wildman–Crippen MR) is 85.7 cm³/mol. The first kappa shape index (κ1) is 17.6. The lowest BCUT2D eigenvalue weighted by atomic mass is 10.2. The SMILES string of the molecule is O=C1CCCN1CCC(=O)N1CCCN(CCC2CC2(F)F)CC1. The molecule has 3 fully saturated rings. The molecule has 3 aliphatic rings. The van der Waals surface area contributed by atoms with Crippen LogP contribution >= 0.6 is 0 Å². The summed E-state index contributed by atoms with van der Waals surface area (Å²) in [4.78, 5) is 29.8. The number of carbonyl (C=O) groups is 2. The van der Waals surface area contributed by atoms with Gasteiger partial charge in [-0.3, -0.25) is 9.59 Å². The lowest BCUT2D eigenvalue weighted by Gasteiger charge is -2.23. The lowest BCUT2D eigenvalue weighted by molar-refractivity contribution is -0.132. The first-order valence-electron chi connectivity index (χ1n) is 9.11. The fraction of sp³-hybridized carbons (Fsp3) is 0.882. The topological polar surface area (TPSA) is 43.9 Å². The molecule has 1 saturated carbocycles. The molecule has 2 saturated heterocycles. The summed E-state index contributed by atoms with van der Waals surface area (Å²) >= 11 is 0. The van der Waals surface area contributed by atoms with Gasteiger partial charge in [-0.1, -0.05) is 0 Å². The molecule has 0 bridgehead atoms. The minimum Gasteiger partial charge on any atom is -0.342 e. The number of halogens is 2. The minimum atomic E-state index is -2.43. The van der Waals surface area contributed by atoms with Crippen LogP contribution in [0.4, 0.5) is 8.78 Å². The van der Waals surface area contributed by atoms with Gasteiger partial charge in [0.15, 0.2) is 0 Å². The zero-order valence-corrected chi connectivity index (χ0v) is 14.2. The van der Waals surface area contributed by atoms with Crippen LogP contribution < -0.4 is 0 Å². The van der Waals surface area contributed by atoms with Gasteiger partial charge in [-0.25, -0.2) is 8.78 Å². The lowest BCUT2D eigenvalue weighted by Crippen LogP contribution is -2.37. The molecule has 7 heteroatoms. The number of hydrogen-bond acceptors (Lipinski definition) is 3. The molecule has 1 aliphatic carbocycles. The molecular formula is C17H27F2N3O2. The number of carbonyl (C=O) groups excluding carboxylic acids is 2. The third-order valence-electron chi connectivity index (χ3n) is 5.46. The van der Waals surface area contributed by atoms with E-state index in [0.717, 1.165) is 39.0 Å². The first-order chi connectivity index (χ1) is 11.5. The second-order valence-electron chi connectivity index (χ2n) is 7.26. The van der Waals surface area contributed by atoms with Crippen molar-refractivity contribution in [3.05, 3.63) is 0 Å². The molecule has 3 rings (SSSR count). The highest BCUT2D eigenvalue weighted by Crippen LogP contribution is 2.50. The van der Waals surface area contributed by atoms with Crippen LogP contribution in [0.2, 0.25) is 0 Å². The number of likely N-dealkylation sites (tertiary alicyclic amines) is 1. The Bertz CT molecular complexity index is 486. The van der Waals surface area contributed by atoms with Crippen molar-refractivity contribution in [1.82, 2.24) is 14.7 Å².